The molecule has 2 heterocycles. The Morgan fingerprint density at radius 1 is 1.03 bits per heavy atom. The molecule has 1 aliphatic carbocycles. The molecule has 1 amide bonds. The second-order valence-electron chi connectivity index (χ2n) is 9.19. The van der Waals surface area contributed by atoms with Crippen molar-refractivity contribution in [2.45, 2.75) is 55.3 Å². The molecular weight excluding hydrogens is 488 g/mol. The van der Waals surface area contributed by atoms with Crippen LogP contribution in [0.1, 0.15) is 24.8 Å². The third-order valence-corrected chi connectivity index (χ3v) is 8.80. The molecule has 5 rings (SSSR count). The van der Waals surface area contributed by atoms with Crippen molar-refractivity contribution in [2.75, 3.05) is 13.2 Å². The normalized spacial score (nSPS) is 26.6. The Morgan fingerprint density at radius 2 is 1.69 bits per heavy atom. The van der Waals surface area contributed by atoms with E-state index < -0.39 is 63.0 Å². The first kappa shape index (κ1) is 24.2. The van der Waals surface area contributed by atoms with Crippen LogP contribution in [-0.4, -0.2) is 62.0 Å². The van der Waals surface area contributed by atoms with Crippen LogP contribution in [0.15, 0.2) is 36.4 Å². The Kier molecular flexibility index (Phi) is 6.35. The molecule has 4 atom stereocenters. The smallest absolute Gasteiger partial charge is 0.252 e. The van der Waals surface area contributed by atoms with Gasteiger partial charge in [-0.2, -0.15) is 0 Å². The fourth-order valence-electron chi connectivity index (χ4n) is 4.68. The first-order chi connectivity index (χ1) is 16.7. The van der Waals surface area contributed by atoms with E-state index in [1.165, 1.54) is 35.2 Å². The molecule has 1 N–H and O–H groups in total. The number of alkyl halides is 1. The SMILES string of the molecule is O=C(C1CCO1)N1C[C@H](F)[C@H](NS(=O)(=O)C2CC2)[C@@H]1Cc1cccc(-c2cccc(F)c2F)c1F. The quantitative estimate of drug-likeness (QED) is 0.579. The minimum atomic E-state index is -3.81. The molecule has 0 radical (unpaired) electrons. The predicted molar refractivity (Wildman–Crippen MR) is 119 cm³/mol. The average molecular weight is 513 g/mol. The van der Waals surface area contributed by atoms with Crippen LogP contribution in [0.4, 0.5) is 17.6 Å². The number of carbonyl (C=O) groups excluding carboxylic acids is 1. The molecule has 3 aliphatic rings. The monoisotopic (exact) mass is 512 g/mol. The number of halogens is 4. The van der Waals surface area contributed by atoms with Gasteiger partial charge >= 0.3 is 0 Å². The topological polar surface area (TPSA) is 75.7 Å². The van der Waals surface area contributed by atoms with Crippen molar-refractivity contribution in [2.24, 2.45) is 0 Å². The fraction of sp³-hybridized carbons (Fsp3) is 0.458. The van der Waals surface area contributed by atoms with Gasteiger partial charge in [0.25, 0.3) is 5.91 Å². The van der Waals surface area contributed by atoms with Gasteiger partial charge in [-0.05, 0) is 30.9 Å². The van der Waals surface area contributed by atoms with Crippen LogP contribution < -0.4 is 4.72 Å². The van der Waals surface area contributed by atoms with E-state index in [2.05, 4.69) is 4.72 Å². The van der Waals surface area contributed by atoms with Crippen LogP contribution in [0.25, 0.3) is 11.1 Å². The van der Waals surface area contributed by atoms with Crippen LogP contribution in [0.5, 0.6) is 0 Å². The van der Waals surface area contributed by atoms with Gasteiger partial charge in [-0.25, -0.2) is 30.7 Å². The van der Waals surface area contributed by atoms with Gasteiger partial charge in [-0.3, -0.25) is 4.79 Å². The highest BCUT2D eigenvalue weighted by molar-refractivity contribution is 7.90. The Labute approximate surface area is 200 Å². The summed E-state index contributed by atoms with van der Waals surface area (Å²) in [5, 5.41) is -0.605. The van der Waals surface area contributed by atoms with Crippen LogP contribution in [0.3, 0.4) is 0 Å². The lowest BCUT2D eigenvalue weighted by Gasteiger charge is -2.34. The predicted octanol–water partition coefficient (Wildman–Crippen LogP) is 3.10. The fourth-order valence-corrected chi connectivity index (χ4v) is 6.31. The number of hydrogen-bond donors (Lipinski definition) is 1. The zero-order valence-electron chi connectivity index (χ0n) is 18.6. The number of nitrogens with zero attached hydrogens (tertiary/aromatic N) is 1. The van der Waals surface area contributed by atoms with Gasteiger partial charge in [-0.1, -0.05) is 30.3 Å². The van der Waals surface area contributed by atoms with E-state index in [0.29, 0.717) is 25.9 Å². The van der Waals surface area contributed by atoms with Crippen LogP contribution >= 0.6 is 0 Å². The van der Waals surface area contributed by atoms with Gasteiger partial charge in [0, 0.05) is 17.5 Å². The Bertz CT molecular complexity index is 1250. The van der Waals surface area contributed by atoms with Gasteiger partial charge in [0.05, 0.1) is 30.5 Å². The summed E-state index contributed by atoms with van der Waals surface area (Å²) >= 11 is 0. The molecule has 3 fully saturated rings. The zero-order valence-corrected chi connectivity index (χ0v) is 19.4. The summed E-state index contributed by atoms with van der Waals surface area (Å²) in [7, 11) is -3.81. The first-order valence-electron chi connectivity index (χ1n) is 11.5. The second-order valence-corrected chi connectivity index (χ2v) is 11.2. The van der Waals surface area contributed by atoms with E-state index in [-0.39, 0.29) is 29.7 Å². The zero-order chi connectivity index (χ0) is 24.9. The highest BCUT2D eigenvalue weighted by Gasteiger charge is 2.50. The van der Waals surface area contributed by atoms with Crippen molar-refractivity contribution in [1.29, 1.82) is 0 Å². The molecular formula is C24H24F4N2O4S. The molecule has 11 heteroatoms. The highest BCUT2D eigenvalue weighted by atomic mass is 32.2. The van der Waals surface area contributed by atoms with Gasteiger partial charge < -0.3 is 9.64 Å². The lowest BCUT2D eigenvalue weighted by molar-refractivity contribution is -0.157. The van der Waals surface area contributed by atoms with Gasteiger partial charge in [0.15, 0.2) is 11.6 Å². The van der Waals surface area contributed by atoms with Crippen LogP contribution in [0.2, 0.25) is 0 Å². The van der Waals surface area contributed by atoms with Crippen molar-refractivity contribution in [3.63, 3.8) is 0 Å². The molecule has 2 saturated heterocycles. The first-order valence-corrected chi connectivity index (χ1v) is 13.0. The van der Waals surface area contributed by atoms with Crippen molar-refractivity contribution in [3.8, 4) is 11.1 Å². The van der Waals surface area contributed by atoms with Gasteiger partial charge in [-0.15, -0.1) is 0 Å². The molecule has 1 unspecified atom stereocenters. The lowest BCUT2D eigenvalue weighted by atomic mass is 9.95. The summed E-state index contributed by atoms with van der Waals surface area (Å²) in [6.07, 6.45) is -1.28. The van der Waals surface area contributed by atoms with Crippen LogP contribution in [-0.2, 0) is 26.0 Å². The number of ether oxygens (including phenoxy) is 1. The molecule has 188 valence electrons. The number of carbonyl (C=O) groups is 1. The van der Waals surface area contributed by atoms with E-state index in [4.69, 9.17) is 4.74 Å². The number of likely N-dealkylation sites (tertiary alicyclic amines) is 1. The largest absolute Gasteiger partial charge is 0.368 e. The minimum absolute atomic E-state index is 0.0215. The van der Waals surface area contributed by atoms with Crippen molar-refractivity contribution in [1.82, 2.24) is 9.62 Å². The molecule has 6 nitrogen and oxygen atoms in total. The average Bonchev–Trinajstić information content (AvgIpc) is 3.59. The molecule has 0 spiro atoms. The second kappa shape index (κ2) is 9.18. The summed E-state index contributed by atoms with van der Waals surface area (Å²) in [6, 6.07) is 5.25. The van der Waals surface area contributed by atoms with Crippen molar-refractivity contribution in [3.05, 3.63) is 59.4 Å². The molecule has 1 saturated carbocycles. The van der Waals surface area contributed by atoms with Gasteiger partial charge in [0.1, 0.15) is 18.1 Å². The Hall–Kier alpha value is -2.50. The number of rotatable bonds is 7. The van der Waals surface area contributed by atoms with Crippen molar-refractivity contribution < 1.29 is 35.5 Å². The third kappa shape index (κ3) is 4.56. The maximum absolute atomic E-state index is 15.5. The van der Waals surface area contributed by atoms with E-state index in [9.17, 15) is 22.0 Å². The Morgan fingerprint density at radius 3 is 2.31 bits per heavy atom. The maximum Gasteiger partial charge on any atom is 0.252 e. The van der Waals surface area contributed by atoms with Gasteiger partial charge in [0.2, 0.25) is 10.0 Å². The summed E-state index contributed by atoms with van der Waals surface area (Å²) < 4.78 is 91.6. The standard InChI is InChI=1S/C24H24F4N2O4S/c25-17-6-2-5-16(22(17)28)15-4-1-3-13(21(15)27)11-19-23(29-35(32,33)14-7-8-14)18(26)12-30(19)24(31)20-9-10-34-20/h1-6,14,18-20,23,29H,7-12H2/t18-,19-,20?,23-/m0/s1. The number of amides is 1. The van der Waals surface area contributed by atoms with Crippen LogP contribution in [0, 0.1) is 17.5 Å². The summed E-state index contributed by atoms with van der Waals surface area (Å²) in [4.78, 5) is 14.2. The van der Waals surface area contributed by atoms with E-state index in [0.717, 1.165) is 6.07 Å². The molecule has 2 aliphatic heterocycles. The molecule has 0 bridgehead atoms. The molecule has 0 aromatic heterocycles. The molecule has 35 heavy (non-hydrogen) atoms. The van der Waals surface area contributed by atoms with E-state index in [1.807, 2.05) is 0 Å². The maximum atomic E-state index is 15.5. The lowest BCUT2D eigenvalue weighted by Crippen LogP contribution is -2.53. The number of nitrogens with one attached hydrogen (secondary N) is 1. The number of hydrogen-bond acceptors (Lipinski definition) is 4. The summed E-state index contributed by atoms with van der Waals surface area (Å²) in [5.74, 6) is -3.67. The van der Waals surface area contributed by atoms with E-state index in [1.54, 1.807) is 0 Å². The molecule has 2 aromatic carbocycles. The number of sulfonamides is 1. The Balaban J connectivity index is 1.49. The summed E-state index contributed by atoms with van der Waals surface area (Å²) in [5.41, 5.74) is -0.446. The number of benzene rings is 2. The third-order valence-electron chi connectivity index (χ3n) is 6.85. The highest BCUT2D eigenvalue weighted by Crippen LogP contribution is 2.34. The van der Waals surface area contributed by atoms with E-state index >= 15 is 8.78 Å². The van der Waals surface area contributed by atoms with Crippen molar-refractivity contribution >= 4 is 15.9 Å². The minimum Gasteiger partial charge on any atom is -0.368 e. The summed E-state index contributed by atoms with van der Waals surface area (Å²) in [6.45, 7) is 0.0304. The molecule has 2 aromatic rings.